The van der Waals surface area contributed by atoms with Crippen LogP contribution < -0.4 is 0 Å². The average Bonchev–Trinajstić information content (AvgIpc) is 2.90. The van der Waals surface area contributed by atoms with E-state index in [1.165, 1.54) is 0 Å². The highest BCUT2D eigenvalue weighted by Crippen LogP contribution is 2.27. The molecule has 1 aliphatic rings. The van der Waals surface area contributed by atoms with Gasteiger partial charge in [0, 0.05) is 13.1 Å². The Kier molecular flexibility index (Phi) is 5.63. The molecule has 6 heteroatoms. The van der Waals surface area contributed by atoms with E-state index >= 15 is 0 Å². The van der Waals surface area contributed by atoms with Crippen LogP contribution in [0.25, 0.3) is 6.08 Å². The number of hydrogen-bond acceptors (Lipinski definition) is 3. The van der Waals surface area contributed by atoms with Crippen molar-refractivity contribution in [3.8, 4) is 0 Å². The average molecular weight is 374 g/mol. The van der Waals surface area contributed by atoms with Gasteiger partial charge in [-0.1, -0.05) is 49.4 Å². The van der Waals surface area contributed by atoms with Gasteiger partial charge < -0.3 is 0 Å². The molecule has 0 amide bonds. The number of sulfonamides is 1. The molecule has 0 spiro atoms. The highest BCUT2D eigenvalue weighted by Gasteiger charge is 2.32. The van der Waals surface area contributed by atoms with Crippen LogP contribution in [0, 0.1) is 19.8 Å². The van der Waals surface area contributed by atoms with Gasteiger partial charge >= 0.3 is 0 Å². The van der Waals surface area contributed by atoms with E-state index in [1.54, 1.807) is 15.9 Å². The molecular formula is C20H27N3O2S. The fraction of sp³-hybridized carbons (Fsp3) is 0.450. The van der Waals surface area contributed by atoms with Crippen LogP contribution in [-0.4, -0.2) is 35.6 Å². The molecule has 0 bridgehead atoms. The monoisotopic (exact) mass is 373 g/mol. The SMILES string of the molecule is Cc1nn(C/C=C/c2ccccc2)c(C)c1S(=O)(=O)N1CCC(C)CC1. The van der Waals surface area contributed by atoms with Gasteiger partial charge in [-0.3, -0.25) is 4.68 Å². The van der Waals surface area contributed by atoms with Crippen LogP contribution in [0.4, 0.5) is 0 Å². The van der Waals surface area contributed by atoms with E-state index in [4.69, 9.17) is 0 Å². The van der Waals surface area contributed by atoms with Crippen molar-refractivity contribution in [1.29, 1.82) is 0 Å². The van der Waals surface area contributed by atoms with E-state index in [0.29, 0.717) is 41.8 Å². The summed E-state index contributed by atoms with van der Waals surface area (Å²) in [5.41, 5.74) is 2.40. The second-order valence-electron chi connectivity index (χ2n) is 7.08. The van der Waals surface area contributed by atoms with Crippen molar-refractivity contribution < 1.29 is 8.42 Å². The molecule has 0 saturated carbocycles. The smallest absolute Gasteiger partial charge is 0.246 e. The van der Waals surface area contributed by atoms with Gasteiger partial charge in [-0.15, -0.1) is 0 Å². The van der Waals surface area contributed by atoms with Crippen molar-refractivity contribution in [1.82, 2.24) is 14.1 Å². The molecule has 3 rings (SSSR count). The van der Waals surface area contributed by atoms with Crippen molar-refractivity contribution >= 4 is 16.1 Å². The van der Waals surface area contributed by atoms with Gasteiger partial charge in [-0.05, 0) is 38.2 Å². The second kappa shape index (κ2) is 7.76. The Hall–Kier alpha value is -1.92. The molecular weight excluding hydrogens is 346 g/mol. The molecule has 1 saturated heterocycles. The molecule has 1 aromatic carbocycles. The highest BCUT2D eigenvalue weighted by molar-refractivity contribution is 7.89. The maximum absolute atomic E-state index is 13.1. The van der Waals surface area contributed by atoms with E-state index in [1.807, 2.05) is 49.4 Å². The lowest BCUT2D eigenvalue weighted by Crippen LogP contribution is -2.38. The molecule has 26 heavy (non-hydrogen) atoms. The minimum atomic E-state index is -3.48. The predicted octanol–water partition coefficient (Wildman–Crippen LogP) is 3.63. The molecule has 140 valence electrons. The molecule has 2 heterocycles. The van der Waals surface area contributed by atoms with Gasteiger partial charge in [0.15, 0.2) is 0 Å². The maximum Gasteiger partial charge on any atom is 0.246 e. The summed E-state index contributed by atoms with van der Waals surface area (Å²) in [5, 5.41) is 4.48. The van der Waals surface area contributed by atoms with E-state index in [-0.39, 0.29) is 0 Å². The summed E-state index contributed by atoms with van der Waals surface area (Å²) in [6.07, 6.45) is 5.88. The Morgan fingerprint density at radius 3 is 2.46 bits per heavy atom. The van der Waals surface area contributed by atoms with Crippen LogP contribution in [0.2, 0.25) is 0 Å². The zero-order valence-corrected chi connectivity index (χ0v) is 16.5. The van der Waals surface area contributed by atoms with Crippen molar-refractivity contribution in [2.75, 3.05) is 13.1 Å². The normalized spacial score (nSPS) is 17.2. The van der Waals surface area contributed by atoms with Crippen molar-refractivity contribution in [3.05, 3.63) is 53.4 Å². The van der Waals surface area contributed by atoms with Gasteiger partial charge in [0.1, 0.15) is 4.90 Å². The summed E-state index contributed by atoms with van der Waals surface area (Å²) < 4.78 is 29.6. The lowest BCUT2D eigenvalue weighted by molar-refractivity contribution is 0.288. The van der Waals surface area contributed by atoms with Gasteiger partial charge in [0.05, 0.1) is 17.9 Å². The molecule has 1 fully saturated rings. The lowest BCUT2D eigenvalue weighted by Gasteiger charge is -2.29. The van der Waals surface area contributed by atoms with E-state index in [9.17, 15) is 8.42 Å². The third kappa shape index (κ3) is 3.91. The number of nitrogens with zero attached hydrogens (tertiary/aromatic N) is 3. The summed E-state index contributed by atoms with van der Waals surface area (Å²) in [4.78, 5) is 0.375. The van der Waals surface area contributed by atoms with Gasteiger partial charge in [0.2, 0.25) is 10.0 Å². The van der Waals surface area contributed by atoms with Crippen LogP contribution in [0.5, 0.6) is 0 Å². The van der Waals surface area contributed by atoms with Crippen LogP contribution in [0.3, 0.4) is 0 Å². The number of rotatable bonds is 5. The first-order valence-electron chi connectivity index (χ1n) is 9.15. The summed E-state index contributed by atoms with van der Waals surface area (Å²) >= 11 is 0. The Morgan fingerprint density at radius 1 is 1.15 bits per heavy atom. The lowest BCUT2D eigenvalue weighted by atomic mass is 10.0. The van der Waals surface area contributed by atoms with Crippen molar-refractivity contribution in [2.24, 2.45) is 5.92 Å². The number of aryl methyl sites for hydroxylation is 1. The quantitative estimate of drug-likeness (QED) is 0.804. The Labute approximate surface area is 156 Å². The zero-order valence-electron chi connectivity index (χ0n) is 15.7. The highest BCUT2D eigenvalue weighted by atomic mass is 32.2. The first kappa shape index (κ1) is 18.9. The van der Waals surface area contributed by atoms with Crippen LogP contribution in [0.1, 0.15) is 36.7 Å². The van der Waals surface area contributed by atoms with Crippen molar-refractivity contribution in [3.63, 3.8) is 0 Å². The number of hydrogen-bond donors (Lipinski definition) is 0. The third-order valence-corrected chi connectivity index (χ3v) is 7.20. The number of piperidine rings is 1. The van der Waals surface area contributed by atoms with Gasteiger partial charge in [0.25, 0.3) is 0 Å². The third-order valence-electron chi connectivity index (χ3n) is 5.04. The van der Waals surface area contributed by atoms with Crippen LogP contribution >= 0.6 is 0 Å². The number of aromatic nitrogens is 2. The van der Waals surface area contributed by atoms with Crippen LogP contribution in [0.15, 0.2) is 41.3 Å². The zero-order chi connectivity index (χ0) is 18.7. The maximum atomic E-state index is 13.1. The van der Waals surface area contributed by atoms with E-state index in [0.717, 1.165) is 18.4 Å². The molecule has 5 nitrogen and oxygen atoms in total. The summed E-state index contributed by atoms with van der Waals surface area (Å²) in [7, 11) is -3.48. The molecule has 0 aliphatic carbocycles. The Bertz CT molecular complexity index is 877. The van der Waals surface area contributed by atoms with Crippen molar-refractivity contribution in [2.45, 2.75) is 45.1 Å². The minimum absolute atomic E-state index is 0.375. The number of benzene rings is 1. The van der Waals surface area contributed by atoms with Gasteiger partial charge in [-0.2, -0.15) is 9.40 Å². The summed E-state index contributed by atoms with van der Waals surface area (Å²) in [5.74, 6) is 0.592. The summed E-state index contributed by atoms with van der Waals surface area (Å²) in [6, 6.07) is 10.0. The fourth-order valence-electron chi connectivity index (χ4n) is 3.44. The fourth-order valence-corrected chi connectivity index (χ4v) is 5.28. The molecule has 0 N–H and O–H groups in total. The molecule has 0 radical (unpaired) electrons. The first-order chi connectivity index (χ1) is 12.4. The molecule has 0 unspecified atom stereocenters. The molecule has 2 aromatic rings. The second-order valence-corrected chi connectivity index (χ2v) is 8.96. The minimum Gasteiger partial charge on any atom is -0.264 e. The number of allylic oxidation sites excluding steroid dienone is 1. The Morgan fingerprint density at radius 2 is 1.81 bits per heavy atom. The standard InChI is InChI=1S/C20H27N3O2S/c1-16-11-14-22(15-12-16)26(24,25)20-17(2)21-23(18(20)3)13-7-10-19-8-5-4-6-9-19/h4-10,16H,11-15H2,1-3H3/b10-7+. The molecule has 1 aliphatic heterocycles. The Balaban J connectivity index is 1.80. The topological polar surface area (TPSA) is 55.2 Å². The summed E-state index contributed by atoms with van der Waals surface area (Å²) in [6.45, 7) is 7.55. The van der Waals surface area contributed by atoms with E-state index in [2.05, 4.69) is 12.0 Å². The van der Waals surface area contributed by atoms with Crippen LogP contribution in [-0.2, 0) is 16.6 Å². The molecule has 0 atom stereocenters. The predicted molar refractivity (Wildman–Crippen MR) is 104 cm³/mol. The molecule has 1 aromatic heterocycles. The largest absolute Gasteiger partial charge is 0.264 e. The first-order valence-corrected chi connectivity index (χ1v) is 10.6. The van der Waals surface area contributed by atoms with E-state index < -0.39 is 10.0 Å². The van der Waals surface area contributed by atoms with Gasteiger partial charge in [-0.25, -0.2) is 8.42 Å².